The standard InChI is InChI=1S/C24H33N3O7/c1-5-16-8-10-24(11-9-16)22(30)27(23(31)26-24)14-20(28)34-15(2)21(29)25-13-17-6-7-18(32-3)19(12-17)33-4/h6-7,12,15-16H,5,8-11,13-14H2,1-4H3,(H,25,29)(H,26,31). The van der Waals surface area contributed by atoms with E-state index >= 15 is 0 Å². The largest absolute Gasteiger partial charge is 0.493 e. The molecule has 1 saturated carbocycles. The fourth-order valence-electron chi connectivity index (χ4n) is 4.48. The molecule has 1 aliphatic carbocycles. The van der Waals surface area contributed by atoms with E-state index in [1.807, 2.05) is 0 Å². The van der Waals surface area contributed by atoms with Gasteiger partial charge in [0.15, 0.2) is 17.6 Å². The highest BCUT2D eigenvalue weighted by Crippen LogP contribution is 2.37. The molecule has 1 aliphatic heterocycles. The molecule has 0 bridgehead atoms. The number of nitrogens with one attached hydrogen (secondary N) is 2. The molecule has 34 heavy (non-hydrogen) atoms. The lowest BCUT2D eigenvalue weighted by molar-refractivity contribution is -0.156. The van der Waals surface area contributed by atoms with Gasteiger partial charge >= 0.3 is 12.0 Å². The van der Waals surface area contributed by atoms with Crippen LogP contribution >= 0.6 is 0 Å². The van der Waals surface area contributed by atoms with Crippen LogP contribution in [0.15, 0.2) is 18.2 Å². The van der Waals surface area contributed by atoms with Crippen molar-refractivity contribution in [1.29, 1.82) is 0 Å². The Labute approximate surface area is 199 Å². The van der Waals surface area contributed by atoms with Gasteiger partial charge in [0, 0.05) is 6.54 Å². The number of imide groups is 1. The van der Waals surface area contributed by atoms with Crippen molar-refractivity contribution in [3.05, 3.63) is 23.8 Å². The normalized spacial score (nSPS) is 22.8. The maximum atomic E-state index is 12.9. The molecule has 3 rings (SSSR count). The maximum absolute atomic E-state index is 12.9. The van der Waals surface area contributed by atoms with Crippen molar-refractivity contribution in [1.82, 2.24) is 15.5 Å². The van der Waals surface area contributed by atoms with Crippen LogP contribution in [0.3, 0.4) is 0 Å². The summed E-state index contributed by atoms with van der Waals surface area (Å²) in [6, 6.07) is 4.64. The number of hydrogen-bond acceptors (Lipinski definition) is 7. The van der Waals surface area contributed by atoms with Crippen LogP contribution in [-0.2, 0) is 25.7 Å². The fourth-order valence-corrected chi connectivity index (χ4v) is 4.48. The van der Waals surface area contributed by atoms with Crippen molar-refractivity contribution in [3.63, 3.8) is 0 Å². The third-order valence-corrected chi connectivity index (χ3v) is 6.66. The smallest absolute Gasteiger partial charge is 0.327 e. The van der Waals surface area contributed by atoms with Crippen LogP contribution in [0.5, 0.6) is 11.5 Å². The second-order valence-corrected chi connectivity index (χ2v) is 8.79. The monoisotopic (exact) mass is 475 g/mol. The molecule has 10 heteroatoms. The Morgan fingerprint density at radius 1 is 1.18 bits per heavy atom. The van der Waals surface area contributed by atoms with Gasteiger partial charge < -0.3 is 24.8 Å². The summed E-state index contributed by atoms with van der Waals surface area (Å²) in [5, 5.41) is 5.47. The number of amides is 4. The molecule has 2 aliphatic rings. The summed E-state index contributed by atoms with van der Waals surface area (Å²) >= 11 is 0. The van der Waals surface area contributed by atoms with Crippen LogP contribution in [-0.4, -0.2) is 61.1 Å². The average molecular weight is 476 g/mol. The van der Waals surface area contributed by atoms with Gasteiger partial charge in [-0.3, -0.25) is 19.3 Å². The Morgan fingerprint density at radius 3 is 2.47 bits per heavy atom. The number of hydrogen-bond donors (Lipinski definition) is 2. The summed E-state index contributed by atoms with van der Waals surface area (Å²) in [5.41, 5.74) is -0.155. The number of esters is 1. The molecule has 1 atom stereocenters. The van der Waals surface area contributed by atoms with E-state index in [9.17, 15) is 19.2 Å². The van der Waals surface area contributed by atoms with E-state index in [-0.39, 0.29) is 6.54 Å². The van der Waals surface area contributed by atoms with E-state index in [0.717, 1.165) is 29.7 Å². The predicted octanol–water partition coefficient (Wildman–Crippen LogP) is 2.14. The van der Waals surface area contributed by atoms with Crippen molar-refractivity contribution in [2.45, 2.75) is 64.1 Å². The van der Waals surface area contributed by atoms with Crippen molar-refractivity contribution in [3.8, 4) is 11.5 Å². The summed E-state index contributed by atoms with van der Waals surface area (Å²) in [6.07, 6.45) is 2.80. The molecule has 1 aromatic rings. The average Bonchev–Trinajstić information content (AvgIpc) is 3.06. The Morgan fingerprint density at radius 2 is 1.85 bits per heavy atom. The Hall–Kier alpha value is -3.30. The molecule has 1 spiro atoms. The van der Waals surface area contributed by atoms with Crippen LogP contribution in [0.25, 0.3) is 0 Å². The molecule has 186 valence electrons. The summed E-state index contributed by atoms with van der Waals surface area (Å²) in [6.45, 7) is 3.21. The summed E-state index contributed by atoms with van der Waals surface area (Å²) in [4.78, 5) is 51.0. The third kappa shape index (κ3) is 5.43. The zero-order valence-corrected chi connectivity index (χ0v) is 20.1. The molecular weight excluding hydrogens is 442 g/mol. The summed E-state index contributed by atoms with van der Waals surface area (Å²) in [7, 11) is 3.05. The highest BCUT2D eigenvalue weighted by atomic mass is 16.5. The van der Waals surface area contributed by atoms with Gasteiger partial charge in [-0.05, 0) is 56.2 Å². The zero-order valence-electron chi connectivity index (χ0n) is 20.1. The van der Waals surface area contributed by atoms with Gasteiger partial charge in [0.2, 0.25) is 0 Å². The minimum atomic E-state index is -1.10. The molecule has 1 saturated heterocycles. The zero-order chi connectivity index (χ0) is 24.9. The first-order valence-electron chi connectivity index (χ1n) is 11.5. The van der Waals surface area contributed by atoms with Crippen molar-refractivity contribution in [2.24, 2.45) is 5.92 Å². The minimum Gasteiger partial charge on any atom is -0.493 e. The maximum Gasteiger partial charge on any atom is 0.327 e. The fraction of sp³-hybridized carbons (Fsp3) is 0.583. The highest BCUT2D eigenvalue weighted by molar-refractivity contribution is 6.08. The number of rotatable bonds is 9. The van der Waals surface area contributed by atoms with Crippen LogP contribution in [0.2, 0.25) is 0 Å². The SMILES string of the molecule is CCC1CCC2(CC1)NC(=O)N(CC(=O)OC(C)C(=O)NCc1ccc(OC)c(OC)c1)C2=O. The lowest BCUT2D eigenvalue weighted by atomic mass is 9.75. The van der Waals surface area contributed by atoms with E-state index in [0.29, 0.717) is 30.3 Å². The number of methoxy groups -OCH3 is 2. The molecule has 1 aromatic carbocycles. The number of urea groups is 1. The van der Waals surface area contributed by atoms with Crippen molar-refractivity contribution in [2.75, 3.05) is 20.8 Å². The first kappa shape index (κ1) is 25.3. The second-order valence-electron chi connectivity index (χ2n) is 8.79. The number of ether oxygens (including phenoxy) is 3. The van der Waals surface area contributed by atoms with Crippen LogP contribution < -0.4 is 20.1 Å². The van der Waals surface area contributed by atoms with Gasteiger partial charge in [0.05, 0.1) is 14.2 Å². The molecule has 0 aromatic heterocycles. The molecule has 2 fully saturated rings. The van der Waals surface area contributed by atoms with Gasteiger partial charge in [0.25, 0.3) is 11.8 Å². The van der Waals surface area contributed by atoms with Crippen LogP contribution in [0, 0.1) is 5.92 Å². The number of carbonyl (C=O) groups excluding carboxylic acids is 4. The molecular formula is C24H33N3O7. The summed E-state index contributed by atoms with van der Waals surface area (Å²) in [5.74, 6) is -0.0719. The van der Waals surface area contributed by atoms with Gasteiger partial charge in [-0.15, -0.1) is 0 Å². The highest BCUT2D eigenvalue weighted by Gasteiger charge is 2.52. The number of benzene rings is 1. The molecule has 2 N–H and O–H groups in total. The van der Waals surface area contributed by atoms with E-state index < -0.39 is 42.0 Å². The van der Waals surface area contributed by atoms with Gasteiger partial charge in [-0.25, -0.2) is 4.79 Å². The number of nitrogens with zero attached hydrogens (tertiary/aromatic N) is 1. The Balaban J connectivity index is 1.50. The summed E-state index contributed by atoms with van der Waals surface area (Å²) < 4.78 is 15.6. The van der Waals surface area contributed by atoms with E-state index in [2.05, 4.69) is 17.6 Å². The number of carbonyl (C=O) groups is 4. The first-order valence-corrected chi connectivity index (χ1v) is 11.5. The van der Waals surface area contributed by atoms with Crippen molar-refractivity contribution < 1.29 is 33.4 Å². The predicted molar refractivity (Wildman–Crippen MR) is 122 cm³/mol. The Bertz CT molecular complexity index is 940. The van der Waals surface area contributed by atoms with Gasteiger partial charge in [0.1, 0.15) is 12.1 Å². The van der Waals surface area contributed by atoms with Gasteiger partial charge in [-0.1, -0.05) is 19.4 Å². The Kier molecular flexibility index (Phi) is 8.01. The lowest BCUT2D eigenvalue weighted by Gasteiger charge is -2.34. The lowest BCUT2D eigenvalue weighted by Crippen LogP contribution is -2.49. The molecule has 10 nitrogen and oxygen atoms in total. The molecule has 0 radical (unpaired) electrons. The van der Waals surface area contributed by atoms with E-state index in [1.54, 1.807) is 18.2 Å². The van der Waals surface area contributed by atoms with Gasteiger partial charge in [-0.2, -0.15) is 0 Å². The minimum absolute atomic E-state index is 0.190. The second kappa shape index (κ2) is 10.8. The van der Waals surface area contributed by atoms with Crippen LogP contribution in [0.4, 0.5) is 4.79 Å². The molecule has 1 unspecified atom stereocenters. The van der Waals surface area contributed by atoms with E-state index in [4.69, 9.17) is 14.2 Å². The first-order chi connectivity index (χ1) is 16.2. The van der Waals surface area contributed by atoms with E-state index in [1.165, 1.54) is 21.1 Å². The molecule has 1 heterocycles. The third-order valence-electron chi connectivity index (χ3n) is 6.66. The topological polar surface area (TPSA) is 123 Å². The molecule has 4 amide bonds. The van der Waals surface area contributed by atoms with Crippen LogP contribution in [0.1, 0.15) is 51.5 Å². The quantitative estimate of drug-likeness (QED) is 0.414. The van der Waals surface area contributed by atoms with Crippen molar-refractivity contribution >= 4 is 23.8 Å².